The third-order valence-electron chi connectivity index (χ3n) is 3.29. The summed E-state index contributed by atoms with van der Waals surface area (Å²) >= 11 is 6.12. The number of halogens is 1. The fourth-order valence-corrected chi connectivity index (χ4v) is 2.37. The molecule has 3 rings (SSSR count). The van der Waals surface area contributed by atoms with E-state index in [1.54, 1.807) is 29.2 Å². The van der Waals surface area contributed by atoms with Crippen molar-refractivity contribution in [3.8, 4) is 11.3 Å². The Hall–Kier alpha value is -2.60. The van der Waals surface area contributed by atoms with Crippen molar-refractivity contribution in [3.05, 3.63) is 59.8 Å². The predicted octanol–water partition coefficient (Wildman–Crippen LogP) is 3.01. The summed E-state index contributed by atoms with van der Waals surface area (Å²) in [6.07, 6.45) is 3.88. The molecule has 0 radical (unpaired) electrons. The largest absolute Gasteiger partial charge is 0.451 e. The van der Waals surface area contributed by atoms with E-state index >= 15 is 0 Å². The molecule has 0 unspecified atom stereocenters. The molecule has 0 fully saturated rings. The Kier molecular flexibility index (Phi) is 4.73. The Balaban J connectivity index is 1.55. The minimum Gasteiger partial charge on any atom is -0.451 e. The number of hydrogen-bond acceptors (Lipinski definition) is 4. The van der Waals surface area contributed by atoms with E-state index in [0.717, 1.165) is 12.0 Å². The van der Waals surface area contributed by atoms with E-state index in [0.29, 0.717) is 23.9 Å². The molecule has 0 aliphatic heterocycles. The Bertz CT molecular complexity index is 783. The molecular weight excluding hydrogens is 316 g/mol. The van der Waals surface area contributed by atoms with Crippen molar-refractivity contribution in [1.29, 1.82) is 0 Å². The van der Waals surface area contributed by atoms with Crippen LogP contribution in [0.15, 0.2) is 53.5 Å². The summed E-state index contributed by atoms with van der Waals surface area (Å²) in [6.45, 7) is 1.23. The molecule has 1 aromatic carbocycles. The van der Waals surface area contributed by atoms with Gasteiger partial charge < -0.3 is 9.73 Å². The molecule has 0 atom stereocenters. The van der Waals surface area contributed by atoms with Gasteiger partial charge in [-0.2, -0.15) is 5.10 Å². The van der Waals surface area contributed by atoms with Gasteiger partial charge in [0.2, 0.25) is 0 Å². The van der Waals surface area contributed by atoms with Crippen LogP contribution < -0.4 is 5.32 Å². The number of carbonyl (C=O) groups excluding carboxylic acids is 1. The first-order chi connectivity index (χ1) is 11.2. The molecule has 0 aliphatic carbocycles. The molecule has 7 heteroatoms. The van der Waals surface area contributed by atoms with Gasteiger partial charge in [0.25, 0.3) is 5.91 Å². The lowest BCUT2D eigenvalue weighted by Gasteiger charge is -2.03. The molecule has 1 N–H and O–H groups in total. The molecule has 0 spiro atoms. The summed E-state index contributed by atoms with van der Waals surface area (Å²) in [5, 5.41) is 7.40. The molecule has 6 nitrogen and oxygen atoms in total. The zero-order valence-electron chi connectivity index (χ0n) is 12.3. The number of aryl methyl sites for hydroxylation is 1. The molecule has 0 bridgehead atoms. The van der Waals surface area contributed by atoms with Crippen molar-refractivity contribution in [2.45, 2.75) is 13.0 Å². The van der Waals surface area contributed by atoms with Crippen molar-refractivity contribution in [1.82, 2.24) is 20.1 Å². The summed E-state index contributed by atoms with van der Waals surface area (Å²) in [4.78, 5) is 15.9. The van der Waals surface area contributed by atoms with Gasteiger partial charge in [-0.05, 0) is 30.7 Å². The van der Waals surface area contributed by atoms with Crippen molar-refractivity contribution >= 4 is 17.5 Å². The second kappa shape index (κ2) is 7.11. The normalized spacial score (nSPS) is 10.7. The van der Waals surface area contributed by atoms with Crippen LogP contribution in [0.2, 0.25) is 5.02 Å². The lowest BCUT2D eigenvalue weighted by molar-refractivity contribution is 0.0926. The summed E-state index contributed by atoms with van der Waals surface area (Å²) in [7, 11) is 0. The van der Waals surface area contributed by atoms with E-state index in [9.17, 15) is 4.79 Å². The highest BCUT2D eigenvalue weighted by Crippen LogP contribution is 2.28. The first-order valence-electron chi connectivity index (χ1n) is 7.19. The molecule has 2 aromatic heterocycles. The monoisotopic (exact) mass is 330 g/mol. The Labute approximate surface area is 138 Å². The van der Waals surface area contributed by atoms with Crippen LogP contribution in [-0.4, -0.2) is 27.2 Å². The maximum atomic E-state index is 12.1. The van der Waals surface area contributed by atoms with Crippen LogP contribution in [0.5, 0.6) is 0 Å². The first-order valence-corrected chi connectivity index (χ1v) is 7.57. The van der Waals surface area contributed by atoms with Gasteiger partial charge in [0.1, 0.15) is 18.4 Å². The smallest absolute Gasteiger partial charge is 0.287 e. The molecule has 1 amide bonds. The van der Waals surface area contributed by atoms with Gasteiger partial charge in [0, 0.05) is 18.7 Å². The summed E-state index contributed by atoms with van der Waals surface area (Å²) in [5.74, 6) is 0.589. The third-order valence-corrected chi connectivity index (χ3v) is 3.61. The molecule has 0 saturated carbocycles. The summed E-state index contributed by atoms with van der Waals surface area (Å²) in [6, 6.07) is 10.7. The number of rotatable bonds is 6. The van der Waals surface area contributed by atoms with Gasteiger partial charge in [-0.15, -0.1) is 0 Å². The van der Waals surface area contributed by atoms with E-state index in [-0.39, 0.29) is 11.7 Å². The van der Waals surface area contributed by atoms with Crippen LogP contribution in [0.3, 0.4) is 0 Å². The van der Waals surface area contributed by atoms with Gasteiger partial charge >= 0.3 is 0 Å². The second-order valence-electron chi connectivity index (χ2n) is 4.91. The van der Waals surface area contributed by atoms with Crippen molar-refractivity contribution in [2.24, 2.45) is 0 Å². The summed E-state index contributed by atoms with van der Waals surface area (Å²) in [5.41, 5.74) is 0.763. The van der Waals surface area contributed by atoms with Gasteiger partial charge in [-0.3, -0.25) is 9.48 Å². The van der Waals surface area contributed by atoms with Crippen molar-refractivity contribution < 1.29 is 9.21 Å². The molecule has 3 aromatic rings. The zero-order valence-corrected chi connectivity index (χ0v) is 13.0. The van der Waals surface area contributed by atoms with Crippen LogP contribution in [0.25, 0.3) is 11.3 Å². The highest BCUT2D eigenvalue weighted by molar-refractivity contribution is 6.33. The average molecular weight is 331 g/mol. The van der Waals surface area contributed by atoms with Crippen LogP contribution in [0.4, 0.5) is 0 Å². The van der Waals surface area contributed by atoms with Gasteiger partial charge in [0.15, 0.2) is 5.76 Å². The second-order valence-corrected chi connectivity index (χ2v) is 5.32. The van der Waals surface area contributed by atoms with Crippen molar-refractivity contribution in [2.75, 3.05) is 6.54 Å². The first kappa shape index (κ1) is 15.3. The molecular formula is C16H15ClN4O2. The molecule has 0 aliphatic rings. The number of amides is 1. The van der Waals surface area contributed by atoms with Gasteiger partial charge in [0.05, 0.1) is 5.02 Å². The SMILES string of the molecule is O=C(NCCCn1cncn1)c1ccc(-c2ccccc2Cl)o1. The lowest BCUT2D eigenvalue weighted by Crippen LogP contribution is -2.24. The Morgan fingerprint density at radius 3 is 2.91 bits per heavy atom. The topological polar surface area (TPSA) is 73.0 Å². The van der Waals surface area contributed by atoms with Crippen LogP contribution in [0, 0.1) is 0 Å². The van der Waals surface area contributed by atoms with Crippen LogP contribution >= 0.6 is 11.6 Å². The molecule has 2 heterocycles. The number of nitrogens with zero attached hydrogens (tertiary/aromatic N) is 3. The van der Waals surface area contributed by atoms with E-state index in [1.165, 1.54) is 6.33 Å². The van der Waals surface area contributed by atoms with Crippen molar-refractivity contribution in [3.63, 3.8) is 0 Å². The van der Waals surface area contributed by atoms with E-state index in [1.807, 2.05) is 18.2 Å². The highest BCUT2D eigenvalue weighted by Gasteiger charge is 2.13. The number of carbonyl (C=O) groups is 1. The lowest BCUT2D eigenvalue weighted by atomic mass is 10.2. The maximum absolute atomic E-state index is 12.1. The molecule has 118 valence electrons. The number of benzene rings is 1. The number of nitrogens with one attached hydrogen (secondary N) is 1. The van der Waals surface area contributed by atoms with E-state index in [2.05, 4.69) is 15.4 Å². The zero-order chi connectivity index (χ0) is 16.1. The Morgan fingerprint density at radius 2 is 2.13 bits per heavy atom. The predicted molar refractivity (Wildman–Crippen MR) is 86.1 cm³/mol. The number of aromatic nitrogens is 3. The fourth-order valence-electron chi connectivity index (χ4n) is 2.14. The van der Waals surface area contributed by atoms with Crippen LogP contribution in [-0.2, 0) is 6.54 Å². The standard InChI is InChI=1S/C16H15ClN4O2/c17-13-5-2-1-4-12(13)14-6-7-15(23-14)16(22)19-8-3-9-21-11-18-10-20-21/h1-2,4-7,10-11H,3,8-9H2,(H,19,22). The maximum Gasteiger partial charge on any atom is 0.287 e. The third kappa shape index (κ3) is 3.78. The highest BCUT2D eigenvalue weighted by atomic mass is 35.5. The van der Waals surface area contributed by atoms with Gasteiger partial charge in [-0.1, -0.05) is 23.7 Å². The van der Waals surface area contributed by atoms with E-state index < -0.39 is 0 Å². The molecule has 23 heavy (non-hydrogen) atoms. The Morgan fingerprint density at radius 1 is 1.26 bits per heavy atom. The number of furan rings is 1. The summed E-state index contributed by atoms with van der Waals surface area (Å²) < 4.78 is 7.31. The van der Waals surface area contributed by atoms with E-state index in [4.69, 9.17) is 16.0 Å². The van der Waals surface area contributed by atoms with Crippen LogP contribution in [0.1, 0.15) is 17.0 Å². The number of hydrogen-bond donors (Lipinski definition) is 1. The fraction of sp³-hybridized carbons (Fsp3) is 0.188. The minimum atomic E-state index is -0.248. The van der Waals surface area contributed by atoms with Gasteiger partial charge in [-0.25, -0.2) is 4.98 Å². The quantitative estimate of drug-likeness (QED) is 0.705. The minimum absolute atomic E-state index is 0.248. The molecule has 0 saturated heterocycles. The average Bonchev–Trinajstić information content (AvgIpc) is 3.23.